The third kappa shape index (κ3) is 3.59. The Hall–Kier alpha value is -2.61. The molecule has 9 heteroatoms. The minimum atomic E-state index is -0.511. The lowest BCUT2D eigenvalue weighted by Gasteiger charge is -2.02. The molecule has 8 nitrogen and oxygen atoms in total. The van der Waals surface area contributed by atoms with Crippen LogP contribution >= 0.6 is 11.6 Å². The van der Waals surface area contributed by atoms with Crippen molar-refractivity contribution in [3.63, 3.8) is 0 Å². The quantitative estimate of drug-likeness (QED) is 0.439. The average molecular weight is 338 g/mol. The standard InChI is InChI=1S/C14H16ClN5O3/c1-4-23-14(22)11-7(2)9(18-8(11)3)5-16-19-10-6-17-20-13(21)12(10)15/h5-6,18H,4H2,1-3H3,(H2,19,20,21)/b16-5+. The first kappa shape index (κ1) is 16.8. The Morgan fingerprint density at radius 3 is 2.96 bits per heavy atom. The number of hydrogen-bond donors (Lipinski definition) is 3. The van der Waals surface area contributed by atoms with Gasteiger partial charge in [0, 0.05) is 5.69 Å². The van der Waals surface area contributed by atoms with E-state index in [2.05, 4.69) is 25.7 Å². The van der Waals surface area contributed by atoms with Gasteiger partial charge < -0.3 is 9.72 Å². The van der Waals surface area contributed by atoms with Crippen molar-refractivity contribution in [2.24, 2.45) is 5.10 Å². The lowest BCUT2D eigenvalue weighted by Crippen LogP contribution is -2.10. The van der Waals surface area contributed by atoms with Gasteiger partial charge in [-0.05, 0) is 26.3 Å². The van der Waals surface area contributed by atoms with Crippen LogP contribution in [0.2, 0.25) is 5.02 Å². The number of rotatable bonds is 5. The zero-order valence-electron chi connectivity index (χ0n) is 12.9. The monoisotopic (exact) mass is 337 g/mol. The van der Waals surface area contributed by atoms with Crippen LogP contribution in [0.1, 0.15) is 34.2 Å². The van der Waals surface area contributed by atoms with Crippen molar-refractivity contribution in [1.82, 2.24) is 15.2 Å². The number of aromatic amines is 2. The third-order valence-corrected chi connectivity index (χ3v) is 3.51. The van der Waals surface area contributed by atoms with Gasteiger partial charge in [-0.3, -0.25) is 10.2 Å². The number of ether oxygens (including phenoxy) is 1. The molecule has 2 heterocycles. The number of H-pyrrole nitrogens is 2. The van der Waals surface area contributed by atoms with E-state index in [1.54, 1.807) is 20.8 Å². The molecule has 0 bridgehead atoms. The van der Waals surface area contributed by atoms with E-state index in [0.29, 0.717) is 23.6 Å². The predicted molar refractivity (Wildman–Crippen MR) is 87.3 cm³/mol. The highest BCUT2D eigenvalue weighted by atomic mass is 35.5. The molecule has 0 fully saturated rings. The van der Waals surface area contributed by atoms with Crippen molar-refractivity contribution >= 4 is 29.5 Å². The zero-order chi connectivity index (χ0) is 17.0. The summed E-state index contributed by atoms with van der Waals surface area (Å²) >= 11 is 5.82. The van der Waals surface area contributed by atoms with Crippen molar-refractivity contribution in [1.29, 1.82) is 0 Å². The molecule has 0 atom stereocenters. The van der Waals surface area contributed by atoms with Gasteiger partial charge in [-0.1, -0.05) is 11.6 Å². The molecular formula is C14H16ClN5O3. The molecule has 0 aromatic carbocycles. The minimum absolute atomic E-state index is 0.0382. The maximum absolute atomic E-state index is 11.9. The van der Waals surface area contributed by atoms with Crippen LogP contribution in [-0.2, 0) is 4.74 Å². The molecular weight excluding hydrogens is 322 g/mol. The molecule has 0 spiro atoms. The largest absolute Gasteiger partial charge is 0.462 e. The van der Waals surface area contributed by atoms with Crippen LogP contribution in [0.4, 0.5) is 5.69 Å². The lowest BCUT2D eigenvalue weighted by molar-refractivity contribution is 0.0525. The number of carbonyl (C=O) groups excluding carboxylic acids is 1. The van der Waals surface area contributed by atoms with Gasteiger partial charge in [0.15, 0.2) is 0 Å². The van der Waals surface area contributed by atoms with Gasteiger partial charge in [-0.25, -0.2) is 9.89 Å². The van der Waals surface area contributed by atoms with Crippen molar-refractivity contribution in [2.75, 3.05) is 12.0 Å². The van der Waals surface area contributed by atoms with Gasteiger partial charge in [0.05, 0.1) is 30.3 Å². The third-order valence-electron chi connectivity index (χ3n) is 3.13. The highest BCUT2D eigenvalue weighted by Gasteiger charge is 2.18. The van der Waals surface area contributed by atoms with Crippen molar-refractivity contribution in [3.05, 3.63) is 44.1 Å². The van der Waals surface area contributed by atoms with E-state index in [-0.39, 0.29) is 16.7 Å². The van der Waals surface area contributed by atoms with E-state index in [1.165, 1.54) is 12.4 Å². The first-order valence-electron chi connectivity index (χ1n) is 6.84. The maximum atomic E-state index is 11.9. The van der Waals surface area contributed by atoms with E-state index in [9.17, 15) is 9.59 Å². The molecule has 0 amide bonds. The van der Waals surface area contributed by atoms with Crippen molar-refractivity contribution in [2.45, 2.75) is 20.8 Å². The number of carbonyl (C=O) groups is 1. The molecule has 23 heavy (non-hydrogen) atoms. The fraction of sp³-hybridized carbons (Fsp3) is 0.286. The zero-order valence-corrected chi connectivity index (χ0v) is 13.6. The second kappa shape index (κ2) is 7.10. The fourth-order valence-electron chi connectivity index (χ4n) is 2.04. The summed E-state index contributed by atoms with van der Waals surface area (Å²) in [5.41, 5.74) is 4.95. The van der Waals surface area contributed by atoms with Crippen molar-refractivity contribution < 1.29 is 9.53 Å². The molecule has 0 radical (unpaired) electrons. The van der Waals surface area contributed by atoms with Crippen LogP contribution in [0.25, 0.3) is 0 Å². The van der Waals surface area contributed by atoms with E-state index in [0.717, 1.165) is 5.56 Å². The summed E-state index contributed by atoms with van der Waals surface area (Å²) in [4.78, 5) is 26.3. The van der Waals surface area contributed by atoms with Crippen LogP contribution in [0.15, 0.2) is 16.1 Å². The summed E-state index contributed by atoms with van der Waals surface area (Å²) < 4.78 is 5.02. The van der Waals surface area contributed by atoms with Gasteiger partial charge in [0.2, 0.25) is 0 Å². The summed E-state index contributed by atoms with van der Waals surface area (Å²) in [6.07, 6.45) is 2.83. The van der Waals surface area contributed by atoms with Crippen molar-refractivity contribution in [3.8, 4) is 0 Å². The summed E-state index contributed by atoms with van der Waals surface area (Å²) in [7, 11) is 0. The molecule has 3 N–H and O–H groups in total. The average Bonchev–Trinajstić information content (AvgIpc) is 2.78. The normalized spacial score (nSPS) is 11.0. The number of anilines is 1. The Bertz CT molecular complexity index is 809. The highest BCUT2D eigenvalue weighted by Crippen LogP contribution is 2.18. The summed E-state index contributed by atoms with van der Waals surface area (Å²) in [5.74, 6) is -0.381. The Morgan fingerprint density at radius 2 is 2.26 bits per heavy atom. The number of esters is 1. The summed E-state index contributed by atoms with van der Waals surface area (Å²) in [6.45, 7) is 5.63. The highest BCUT2D eigenvalue weighted by molar-refractivity contribution is 6.32. The number of nitrogens with one attached hydrogen (secondary N) is 3. The van der Waals surface area contributed by atoms with Gasteiger partial charge in [0.1, 0.15) is 10.7 Å². The number of halogens is 1. The Balaban J connectivity index is 2.20. The molecule has 0 saturated carbocycles. The molecule has 0 aliphatic carbocycles. The van der Waals surface area contributed by atoms with Crippen LogP contribution < -0.4 is 11.0 Å². The summed E-state index contributed by atoms with van der Waals surface area (Å²) in [5, 5.41) is 9.79. The number of aryl methyl sites for hydroxylation is 1. The summed E-state index contributed by atoms with van der Waals surface area (Å²) in [6, 6.07) is 0. The topological polar surface area (TPSA) is 112 Å². The van der Waals surface area contributed by atoms with Crippen LogP contribution in [0.3, 0.4) is 0 Å². The molecule has 2 aromatic rings. The Kier molecular flexibility index (Phi) is 5.17. The molecule has 122 valence electrons. The van der Waals surface area contributed by atoms with Gasteiger partial charge >= 0.3 is 5.97 Å². The molecule has 2 rings (SSSR count). The smallest absolute Gasteiger partial charge is 0.340 e. The molecule has 0 unspecified atom stereocenters. The maximum Gasteiger partial charge on any atom is 0.340 e. The number of hydrazone groups is 1. The molecule has 0 aliphatic rings. The second-order valence-corrected chi connectivity index (χ2v) is 5.06. The predicted octanol–water partition coefficient (Wildman–Crippen LogP) is 1.99. The lowest BCUT2D eigenvalue weighted by atomic mass is 10.1. The fourth-order valence-corrected chi connectivity index (χ4v) is 2.17. The second-order valence-electron chi connectivity index (χ2n) is 4.68. The SMILES string of the molecule is CCOC(=O)c1c(C)[nH]c(/C=N/Nc2cn[nH]c(=O)c2Cl)c1C. The van der Waals surface area contributed by atoms with E-state index < -0.39 is 5.56 Å². The van der Waals surface area contributed by atoms with E-state index in [4.69, 9.17) is 16.3 Å². The van der Waals surface area contributed by atoms with Crippen LogP contribution in [0, 0.1) is 13.8 Å². The molecule has 0 saturated heterocycles. The molecule has 0 aliphatic heterocycles. The van der Waals surface area contributed by atoms with Gasteiger partial charge in [-0.15, -0.1) is 0 Å². The molecule has 2 aromatic heterocycles. The van der Waals surface area contributed by atoms with E-state index >= 15 is 0 Å². The Labute approximate surface area is 136 Å². The van der Waals surface area contributed by atoms with Crippen LogP contribution in [0.5, 0.6) is 0 Å². The number of hydrogen-bond acceptors (Lipinski definition) is 6. The minimum Gasteiger partial charge on any atom is -0.462 e. The number of aromatic nitrogens is 3. The van der Waals surface area contributed by atoms with Gasteiger partial charge in [0.25, 0.3) is 5.56 Å². The Morgan fingerprint density at radius 1 is 1.52 bits per heavy atom. The van der Waals surface area contributed by atoms with Crippen LogP contribution in [-0.4, -0.2) is 34.0 Å². The number of nitrogens with zero attached hydrogens (tertiary/aromatic N) is 2. The van der Waals surface area contributed by atoms with E-state index in [1.807, 2.05) is 0 Å². The first-order chi connectivity index (χ1) is 11.0. The van der Waals surface area contributed by atoms with Gasteiger partial charge in [-0.2, -0.15) is 10.2 Å². The first-order valence-corrected chi connectivity index (χ1v) is 7.22.